The molecule has 1 aliphatic rings. The molecular weight excluding hydrogens is 186 g/mol. The fraction of sp³-hybridized carbons (Fsp3) is 0.583. The monoisotopic (exact) mass is 205 g/mol. The lowest BCUT2D eigenvalue weighted by atomic mass is 10.2. The van der Waals surface area contributed by atoms with Crippen molar-refractivity contribution in [1.29, 1.82) is 0 Å². The smallest absolute Gasteiger partial charge is 0.123 e. The largest absolute Gasteiger partial charge is 0.384 e. The minimum absolute atomic E-state index is 0.627. The van der Waals surface area contributed by atoms with E-state index in [1.54, 1.807) is 6.20 Å². The zero-order valence-corrected chi connectivity index (χ0v) is 9.15. The molecule has 0 bridgehead atoms. The van der Waals surface area contributed by atoms with Gasteiger partial charge >= 0.3 is 0 Å². The number of nitrogen functional groups attached to an aromatic ring is 1. The number of nitrogens with two attached hydrogens (primary N) is 1. The molecule has 1 aromatic rings. The molecule has 2 rings (SSSR count). The summed E-state index contributed by atoms with van der Waals surface area (Å²) in [7, 11) is 0. The topological polar surface area (TPSA) is 42.1 Å². The minimum atomic E-state index is 0.627. The molecule has 82 valence electrons. The molecule has 0 radical (unpaired) electrons. The lowest BCUT2D eigenvalue weighted by molar-refractivity contribution is 0.277. The molecule has 1 aliphatic heterocycles. The van der Waals surface area contributed by atoms with E-state index in [2.05, 4.69) is 16.0 Å². The Bertz CT molecular complexity index is 303. The standard InChI is InChI=1S/C12H19N3/c13-12-9-11(5-6-14-12)10-15-7-3-1-2-4-8-15/h5-6,9H,1-4,7-8,10H2,(H2,13,14). The molecule has 2 N–H and O–H groups in total. The molecule has 2 heterocycles. The highest BCUT2D eigenvalue weighted by atomic mass is 15.1. The van der Waals surface area contributed by atoms with Crippen LogP contribution in [0.1, 0.15) is 31.2 Å². The molecule has 1 saturated heterocycles. The Morgan fingerprint density at radius 2 is 1.93 bits per heavy atom. The molecule has 0 atom stereocenters. The van der Waals surface area contributed by atoms with Crippen LogP contribution < -0.4 is 5.73 Å². The second-order valence-corrected chi connectivity index (χ2v) is 4.28. The molecule has 0 aliphatic carbocycles. The van der Waals surface area contributed by atoms with Gasteiger partial charge in [-0.15, -0.1) is 0 Å². The molecule has 0 spiro atoms. The van der Waals surface area contributed by atoms with Crippen LogP contribution in [0.4, 0.5) is 5.82 Å². The average Bonchev–Trinajstić information content (AvgIpc) is 2.46. The number of nitrogens with zero attached hydrogens (tertiary/aromatic N) is 2. The van der Waals surface area contributed by atoms with E-state index in [1.165, 1.54) is 44.3 Å². The molecule has 0 aromatic carbocycles. The minimum Gasteiger partial charge on any atom is -0.384 e. The van der Waals surface area contributed by atoms with Gasteiger partial charge in [0.1, 0.15) is 5.82 Å². The Hall–Kier alpha value is -1.09. The second-order valence-electron chi connectivity index (χ2n) is 4.28. The van der Waals surface area contributed by atoms with Crippen LogP contribution in [-0.2, 0) is 6.54 Å². The summed E-state index contributed by atoms with van der Waals surface area (Å²) in [4.78, 5) is 6.53. The van der Waals surface area contributed by atoms with Crippen molar-refractivity contribution in [3.05, 3.63) is 23.9 Å². The van der Waals surface area contributed by atoms with Gasteiger partial charge < -0.3 is 5.73 Å². The lowest BCUT2D eigenvalue weighted by Gasteiger charge is -2.19. The van der Waals surface area contributed by atoms with Crippen molar-refractivity contribution in [2.75, 3.05) is 18.8 Å². The molecule has 3 heteroatoms. The van der Waals surface area contributed by atoms with Crippen LogP contribution in [0, 0.1) is 0 Å². The third-order valence-corrected chi connectivity index (χ3v) is 2.95. The van der Waals surface area contributed by atoms with Gasteiger partial charge in [-0.2, -0.15) is 0 Å². The third-order valence-electron chi connectivity index (χ3n) is 2.95. The summed E-state index contributed by atoms with van der Waals surface area (Å²) in [6.45, 7) is 3.47. The van der Waals surface area contributed by atoms with E-state index in [-0.39, 0.29) is 0 Å². The molecular formula is C12H19N3. The first-order valence-electron chi connectivity index (χ1n) is 5.77. The van der Waals surface area contributed by atoms with Gasteiger partial charge in [0.25, 0.3) is 0 Å². The highest BCUT2D eigenvalue weighted by Crippen LogP contribution is 2.13. The van der Waals surface area contributed by atoms with Crippen LogP contribution in [0.3, 0.4) is 0 Å². The highest BCUT2D eigenvalue weighted by molar-refractivity contribution is 5.31. The SMILES string of the molecule is Nc1cc(CN2CCCCCC2)ccn1. The van der Waals surface area contributed by atoms with Gasteiger partial charge in [0.2, 0.25) is 0 Å². The maximum Gasteiger partial charge on any atom is 0.123 e. The highest BCUT2D eigenvalue weighted by Gasteiger charge is 2.09. The molecule has 0 saturated carbocycles. The van der Waals surface area contributed by atoms with Crippen molar-refractivity contribution in [3.8, 4) is 0 Å². The molecule has 0 amide bonds. The molecule has 15 heavy (non-hydrogen) atoms. The summed E-state index contributed by atoms with van der Waals surface area (Å²) in [6, 6.07) is 4.03. The van der Waals surface area contributed by atoms with E-state index < -0.39 is 0 Å². The molecule has 1 fully saturated rings. The van der Waals surface area contributed by atoms with Crippen LogP contribution in [0.25, 0.3) is 0 Å². The third kappa shape index (κ3) is 3.20. The average molecular weight is 205 g/mol. The Morgan fingerprint density at radius 1 is 1.20 bits per heavy atom. The van der Waals surface area contributed by atoms with Crippen LogP contribution >= 0.6 is 0 Å². The Balaban J connectivity index is 1.95. The van der Waals surface area contributed by atoms with E-state index in [0.717, 1.165) is 6.54 Å². The number of likely N-dealkylation sites (tertiary alicyclic amines) is 1. The van der Waals surface area contributed by atoms with Crippen LogP contribution in [0.2, 0.25) is 0 Å². The second kappa shape index (κ2) is 5.12. The summed E-state index contributed by atoms with van der Waals surface area (Å²) in [5.74, 6) is 0.627. The van der Waals surface area contributed by atoms with Gasteiger partial charge in [-0.3, -0.25) is 4.90 Å². The van der Waals surface area contributed by atoms with Gasteiger partial charge in [0, 0.05) is 12.7 Å². The quantitative estimate of drug-likeness (QED) is 0.803. The molecule has 0 unspecified atom stereocenters. The van der Waals surface area contributed by atoms with Crippen molar-refractivity contribution in [1.82, 2.24) is 9.88 Å². The Kier molecular flexibility index (Phi) is 3.56. The van der Waals surface area contributed by atoms with E-state index in [9.17, 15) is 0 Å². The van der Waals surface area contributed by atoms with E-state index in [0.29, 0.717) is 5.82 Å². The number of pyridine rings is 1. The predicted molar refractivity (Wildman–Crippen MR) is 62.4 cm³/mol. The molecule has 3 nitrogen and oxygen atoms in total. The van der Waals surface area contributed by atoms with E-state index in [4.69, 9.17) is 5.73 Å². The van der Waals surface area contributed by atoms with Gasteiger partial charge in [0.15, 0.2) is 0 Å². The maximum atomic E-state index is 5.66. The van der Waals surface area contributed by atoms with Gasteiger partial charge in [0.05, 0.1) is 0 Å². The van der Waals surface area contributed by atoms with Crippen LogP contribution in [-0.4, -0.2) is 23.0 Å². The first-order chi connectivity index (χ1) is 7.34. The Morgan fingerprint density at radius 3 is 2.60 bits per heavy atom. The van der Waals surface area contributed by atoms with Crippen LogP contribution in [0.15, 0.2) is 18.3 Å². The summed E-state index contributed by atoms with van der Waals surface area (Å²) >= 11 is 0. The van der Waals surface area contributed by atoms with Gasteiger partial charge in [-0.05, 0) is 43.6 Å². The first kappa shape index (κ1) is 10.4. The number of rotatable bonds is 2. The van der Waals surface area contributed by atoms with Crippen molar-refractivity contribution < 1.29 is 0 Å². The maximum absolute atomic E-state index is 5.66. The number of hydrogen-bond acceptors (Lipinski definition) is 3. The number of aromatic nitrogens is 1. The van der Waals surface area contributed by atoms with Crippen molar-refractivity contribution in [2.24, 2.45) is 0 Å². The molecule has 1 aromatic heterocycles. The number of hydrogen-bond donors (Lipinski definition) is 1. The normalized spacial score (nSPS) is 18.7. The van der Waals surface area contributed by atoms with Crippen molar-refractivity contribution in [2.45, 2.75) is 32.2 Å². The zero-order valence-electron chi connectivity index (χ0n) is 9.15. The van der Waals surface area contributed by atoms with Crippen molar-refractivity contribution in [3.63, 3.8) is 0 Å². The van der Waals surface area contributed by atoms with Gasteiger partial charge in [-0.25, -0.2) is 4.98 Å². The van der Waals surface area contributed by atoms with Crippen LogP contribution in [0.5, 0.6) is 0 Å². The summed E-state index contributed by atoms with van der Waals surface area (Å²) in [5, 5.41) is 0. The summed E-state index contributed by atoms with van der Waals surface area (Å²) in [5.41, 5.74) is 6.95. The van der Waals surface area contributed by atoms with E-state index >= 15 is 0 Å². The first-order valence-corrected chi connectivity index (χ1v) is 5.77. The lowest BCUT2D eigenvalue weighted by Crippen LogP contribution is -2.24. The fourth-order valence-electron chi connectivity index (χ4n) is 2.15. The number of anilines is 1. The zero-order chi connectivity index (χ0) is 10.5. The van der Waals surface area contributed by atoms with Crippen molar-refractivity contribution >= 4 is 5.82 Å². The predicted octanol–water partition coefficient (Wildman–Crippen LogP) is 2.04. The van der Waals surface area contributed by atoms with Gasteiger partial charge in [-0.1, -0.05) is 12.8 Å². The fourth-order valence-corrected chi connectivity index (χ4v) is 2.15. The summed E-state index contributed by atoms with van der Waals surface area (Å²) < 4.78 is 0. The Labute approximate surface area is 91.3 Å². The van der Waals surface area contributed by atoms with E-state index in [1.807, 2.05) is 6.07 Å². The summed E-state index contributed by atoms with van der Waals surface area (Å²) in [6.07, 6.45) is 7.23.